The molecule has 1 N–H and O–H groups in total. The van der Waals surface area contributed by atoms with Gasteiger partial charge in [-0.25, -0.2) is 0 Å². The van der Waals surface area contributed by atoms with Crippen molar-refractivity contribution >= 4 is 17.4 Å². The molecule has 0 aliphatic carbocycles. The predicted octanol–water partition coefficient (Wildman–Crippen LogP) is 4.04. The summed E-state index contributed by atoms with van der Waals surface area (Å²) in [4.78, 5) is 5.75. The Morgan fingerprint density at radius 1 is 1.20 bits per heavy atom. The van der Waals surface area contributed by atoms with Gasteiger partial charge in [0.2, 0.25) is 0 Å². The molecule has 0 unspecified atom stereocenters. The van der Waals surface area contributed by atoms with Gasteiger partial charge in [-0.1, -0.05) is 0 Å². The maximum absolute atomic E-state index is 5.43. The number of benzene rings is 1. The van der Waals surface area contributed by atoms with E-state index in [1.807, 2.05) is 20.0 Å². The van der Waals surface area contributed by atoms with Gasteiger partial charge in [0.15, 0.2) is 0 Å². The lowest BCUT2D eigenvalue weighted by Gasteiger charge is -2.13. The Labute approximate surface area is 124 Å². The minimum absolute atomic E-state index is 0.696. The topological polar surface area (TPSA) is 34.1 Å². The fourth-order valence-electron chi connectivity index (χ4n) is 2.14. The Hall–Kier alpha value is -1.68. The largest absolute Gasteiger partial charge is 0.496 e. The molecule has 1 aromatic carbocycles. The van der Waals surface area contributed by atoms with Gasteiger partial charge in [-0.2, -0.15) is 0 Å². The molecule has 0 spiro atoms. The number of methoxy groups -OCH3 is 1. The molecule has 0 radical (unpaired) electrons. The Morgan fingerprint density at radius 3 is 2.50 bits per heavy atom. The van der Waals surface area contributed by atoms with Crippen LogP contribution in [-0.2, 0) is 6.54 Å². The molecule has 2 rings (SSSR count). The fourth-order valence-corrected chi connectivity index (χ4v) is 2.55. The third kappa shape index (κ3) is 3.25. The first kappa shape index (κ1) is 14.7. The summed E-state index contributed by atoms with van der Waals surface area (Å²) in [7, 11) is 1.70. The van der Waals surface area contributed by atoms with Gasteiger partial charge in [0.1, 0.15) is 5.75 Å². The van der Waals surface area contributed by atoms with Crippen molar-refractivity contribution in [2.24, 2.45) is 0 Å². The Bertz CT molecular complexity index is 582. The quantitative estimate of drug-likeness (QED) is 0.842. The molecule has 0 aliphatic rings. The number of hydrogen-bond acceptors (Lipinski definition) is 4. The lowest BCUT2D eigenvalue weighted by molar-refractivity contribution is 0.407. The Balaban J connectivity index is 2.10. The average molecular weight is 288 g/mol. The van der Waals surface area contributed by atoms with Gasteiger partial charge < -0.3 is 10.1 Å². The second-order valence-electron chi connectivity index (χ2n) is 4.63. The van der Waals surface area contributed by atoms with E-state index in [4.69, 9.17) is 4.74 Å². The summed E-state index contributed by atoms with van der Waals surface area (Å²) < 4.78 is 5.43. The van der Waals surface area contributed by atoms with Crippen molar-refractivity contribution in [2.45, 2.75) is 25.3 Å². The first-order valence-electron chi connectivity index (χ1n) is 6.52. The highest BCUT2D eigenvalue weighted by atomic mass is 32.2. The van der Waals surface area contributed by atoms with Crippen LogP contribution in [0.1, 0.15) is 16.8 Å². The lowest BCUT2D eigenvalue weighted by atomic mass is 10.1. The molecule has 0 atom stereocenters. The number of aryl methyl sites for hydroxylation is 1. The van der Waals surface area contributed by atoms with E-state index in [0.29, 0.717) is 6.54 Å². The van der Waals surface area contributed by atoms with E-state index >= 15 is 0 Å². The zero-order valence-corrected chi connectivity index (χ0v) is 13.2. The second-order valence-corrected chi connectivity index (χ2v) is 5.51. The van der Waals surface area contributed by atoms with Gasteiger partial charge in [0.25, 0.3) is 0 Å². The molecule has 1 heterocycles. The van der Waals surface area contributed by atoms with Crippen molar-refractivity contribution in [3.8, 4) is 5.75 Å². The first-order chi connectivity index (χ1) is 9.65. The minimum atomic E-state index is 0.696. The third-order valence-corrected chi connectivity index (χ3v) is 4.04. The molecular formula is C16H20N2OS. The number of nitrogens with zero attached hydrogens (tertiary/aromatic N) is 1. The molecule has 0 fully saturated rings. The molecule has 0 saturated heterocycles. The van der Waals surface area contributed by atoms with Gasteiger partial charge in [-0.3, -0.25) is 4.98 Å². The number of nitrogens with one attached hydrogen (secondary N) is 1. The van der Waals surface area contributed by atoms with Crippen molar-refractivity contribution in [1.82, 2.24) is 4.98 Å². The monoisotopic (exact) mass is 288 g/mol. The summed E-state index contributed by atoms with van der Waals surface area (Å²) in [6, 6.07) is 8.41. The number of ether oxygens (including phenoxy) is 1. The average Bonchev–Trinajstić information content (AvgIpc) is 2.47. The zero-order valence-electron chi connectivity index (χ0n) is 12.4. The molecule has 0 saturated carbocycles. The van der Waals surface area contributed by atoms with Crippen molar-refractivity contribution in [1.29, 1.82) is 0 Å². The maximum Gasteiger partial charge on any atom is 0.128 e. The summed E-state index contributed by atoms with van der Waals surface area (Å²) >= 11 is 1.74. The Kier molecular flexibility index (Phi) is 4.90. The van der Waals surface area contributed by atoms with Crippen LogP contribution in [0.5, 0.6) is 5.75 Å². The molecule has 2 aromatic rings. The van der Waals surface area contributed by atoms with Crippen LogP contribution < -0.4 is 10.1 Å². The van der Waals surface area contributed by atoms with E-state index in [2.05, 4.69) is 40.8 Å². The number of pyridine rings is 1. The van der Waals surface area contributed by atoms with Crippen molar-refractivity contribution in [2.75, 3.05) is 18.7 Å². The smallest absolute Gasteiger partial charge is 0.128 e. The third-order valence-electron chi connectivity index (χ3n) is 3.30. The lowest BCUT2D eigenvalue weighted by Crippen LogP contribution is -2.06. The number of thioether (sulfide) groups is 1. The molecule has 4 heteroatoms. The van der Waals surface area contributed by atoms with Crippen LogP contribution in [0.15, 0.2) is 35.4 Å². The van der Waals surface area contributed by atoms with E-state index < -0.39 is 0 Å². The van der Waals surface area contributed by atoms with E-state index in [1.165, 1.54) is 4.90 Å². The van der Waals surface area contributed by atoms with Gasteiger partial charge in [0, 0.05) is 27.9 Å². The first-order valence-corrected chi connectivity index (χ1v) is 7.75. The van der Waals surface area contributed by atoms with Crippen molar-refractivity contribution < 1.29 is 4.74 Å². The molecule has 20 heavy (non-hydrogen) atoms. The number of hydrogen-bond donors (Lipinski definition) is 1. The van der Waals surface area contributed by atoms with Crippen LogP contribution in [0.3, 0.4) is 0 Å². The van der Waals surface area contributed by atoms with Crippen molar-refractivity contribution in [3.63, 3.8) is 0 Å². The molecular weight excluding hydrogens is 268 g/mol. The van der Waals surface area contributed by atoms with Crippen LogP contribution >= 0.6 is 11.8 Å². The highest BCUT2D eigenvalue weighted by molar-refractivity contribution is 7.98. The van der Waals surface area contributed by atoms with Crippen LogP contribution in [0, 0.1) is 13.8 Å². The van der Waals surface area contributed by atoms with E-state index in [9.17, 15) is 0 Å². The van der Waals surface area contributed by atoms with Gasteiger partial charge in [-0.05, 0) is 44.4 Å². The standard InChI is InChI=1S/C16H20N2OS/c1-11-9-18-15(12(2)16(11)19-3)10-17-13-5-7-14(20-4)8-6-13/h5-9,17H,10H2,1-4H3. The highest BCUT2D eigenvalue weighted by Gasteiger charge is 2.09. The summed E-state index contributed by atoms with van der Waals surface area (Å²) in [6.07, 6.45) is 3.94. The van der Waals surface area contributed by atoms with Gasteiger partial charge >= 0.3 is 0 Å². The SMILES string of the molecule is COc1c(C)cnc(CNc2ccc(SC)cc2)c1C. The molecule has 0 bridgehead atoms. The van der Waals surface area contributed by atoms with Crippen LogP contribution in [-0.4, -0.2) is 18.3 Å². The van der Waals surface area contributed by atoms with Gasteiger partial charge in [-0.15, -0.1) is 11.8 Å². The maximum atomic E-state index is 5.43. The minimum Gasteiger partial charge on any atom is -0.496 e. The van der Waals surface area contributed by atoms with Crippen LogP contribution in [0.4, 0.5) is 5.69 Å². The van der Waals surface area contributed by atoms with E-state index in [0.717, 1.165) is 28.3 Å². The van der Waals surface area contributed by atoms with Crippen LogP contribution in [0.25, 0.3) is 0 Å². The molecule has 1 aromatic heterocycles. The van der Waals surface area contributed by atoms with E-state index in [-0.39, 0.29) is 0 Å². The predicted molar refractivity (Wildman–Crippen MR) is 85.8 cm³/mol. The van der Waals surface area contributed by atoms with Gasteiger partial charge in [0.05, 0.1) is 19.3 Å². The zero-order chi connectivity index (χ0) is 14.5. The van der Waals surface area contributed by atoms with Crippen molar-refractivity contribution in [3.05, 3.63) is 47.3 Å². The summed E-state index contributed by atoms with van der Waals surface area (Å²) in [6.45, 7) is 4.75. The second kappa shape index (κ2) is 6.66. The number of anilines is 1. The van der Waals surface area contributed by atoms with E-state index in [1.54, 1.807) is 18.9 Å². The molecule has 106 valence electrons. The fraction of sp³-hybridized carbons (Fsp3) is 0.312. The normalized spacial score (nSPS) is 10.4. The summed E-state index contributed by atoms with van der Waals surface area (Å²) in [5.41, 5.74) is 4.28. The molecule has 0 amide bonds. The summed E-state index contributed by atoms with van der Waals surface area (Å²) in [5, 5.41) is 3.40. The van der Waals surface area contributed by atoms with Crippen LogP contribution in [0.2, 0.25) is 0 Å². The Morgan fingerprint density at radius 2 is 1.90 bits per heavy atom. The number of aromatic nitrogens is 1. The summed E-state index contributed by atoms with van der Waals surface area (Å²) in [5.74, 6) is 0.925. The number of rotatable bonds is 5. The highest BCUT2D eigenvalue weighted by Crippen LogP contribution is 2.24. The molecule has 0 aliphatic heterocycles. The molecule has 3 nitrogen and oxygen atoms in total.